The van der Waals surface area contributed by atoms with Crippen molar-refractivity contribution in [1.82, 2.24) is 5.32 Å². The number of carbonyl (C=O) groups excluding carboxylic acids is 2. The number of carbonyl (C=O) groups is 2. The molecule has 1 fully saturated rings. The van der Waals surface area contributed by atoms with Gasteiger partial charge in [0.05, 0.1) is 6.04 Å². The molecule has 0 spiro atoms. The average molecular weight is 252 g/mol. The number of halogens is 1. The van der Waals surface area contributed by atoms with E-state index < -0.39 is 24.1 Å². The Labute approximate surface area is 103 Å². The summed E-state index contributed by atoms with van der Waals surface area (Å²) in [7, 11) is 0. The molecule has 0 saturated carbocycles. The molecule has 1 aliphatic rings. The van der Waals surface area contributed by atoms with E-state index in [4.69, 9.17) is 4.74 Å². The molecule has 0 aliphatic carbocycles. The fourth-order valence-corrected chi connectivity index (χ4v) is 1.91. The van der Waals surface area contributed by atoms with E-state index in [1.54, 1.807) is 6.92 Å². The highest BCUT2D eigenvalue weighted by molar-refractivity contribution is 5.88. The molecule has 2 rings (SSSR count). The largest absolute Gasteiger partial charge is 0.444 e. The molecule has 0 aromatic heterocycles. The number of hydrogen-bond acceptors (Lipinski definition) is 3. The van der Waals surface area contributed by atoms with E-state index in [-0.39, 0.29) is 5.91 Å². The summed E-state index contributed by atoms with van der Waals surface area (Å²) in [6, 6.07) is 3.65. The van der Waals surface area contributed by atoms with Gasteiger partial charge in [0, 0.05) is 18.2 Å². The van der Waals surface area contributed by atoms with Gasteiger partial charge in [0.1, 0.15) is 11.9 Å². The van der Waals surface area contributed by atoms with Gasteiger partial charge in [0.2, 0.25) is 5.91 Å². The molecule has 1 saturated heterocycles. The van der Waals surface area contributed by atoms with E-state index in [0.29, 0.717) is 11.3 Å². The van der Waals surface area contributed by atoms with E-state index >= 15 is 0 Å². The number of nitrogens with one attached hydrogen (secondary N) is 2. The molecule has 2 amide bonds. The van der Waals surface area contributed by atoms with Crippen LogP contribution >= 0.6 is 0 Å². The van der Waals surface area contributed by atoms with Gasteiger partial charge in [-0.15, -0.1) is 0 Å². The minimum absolute atomic E-state index is 0.243. The first-order chi connectivity index (χ1) is 8.47. The second kappa shape index (κ2) is 4.64. The molecule has 2 atom stereocenters. The number of hydrogen-bond donors (Lipinski definition) is 2. The molecular weight excluding hydrogens is 239 g/mol. The Morgan fingerprint density at radius 3 is 2.78 bits per heavy atom. The van der Waals surface area contributed by atoms with Crippen LogP contribution in [0.2, 0.25) is 0 Å². The summed E-state index contributed by atoms with van der Waals surface area (Å²) in [4.78, 5) is 22.0. The molecule has 5 nitrogen and oxygen atoms in total. The molecular formula is C12H13FN2O3. The Kier molecular flexibility index (Phi) is 3.18. The standard InChI is InChI=1S/C12H13FN2O3/c1-6-11(15-12(17)18-6)9-5-8(14-7(2)16)3-4-10(9)13/h3-6,11H,1-2H3,(H,14,16)(H,15,17). The van der Waals surface area contributed by atoms with Gasteiger partial charge in [0.25, 0.3) is 0 Å². The van der Waals surface area contributed by atoms with Gasteiger partial charge >= 0.3 is 6.09 Å². The lowest BCUT2D eigenvalue weighted by atomic mass is 10.0. The molecule has 0 radical (unpaired) electrons. The second-order valence-corrected chi connectivity index (χ2v) is 4.15. The Morgan fingerprint density at radius 1 is 1.50 bits per heavy atom. The van der Waals surface area contributed by atoms with Gasteiger partial charge in [0.15, 0.2) is 0 Å². The monoisotopic (exact) mass is 252 g/mol. The van der Waals surface area contributed by atoms with Crippen LogP contribution in [-0.4, -0.2) is 18.1 Å². The van der Waals surface area contributed by atoms with Crippen molar-refractivity contribution < 1.29 is 18.7 Å². The lowest BCUT2D eigenvalue weighted by molar-refractivity contribution is -0.114. The highest BCUT2D eigenvalue weighted by atomic mass is 19.1. The van der Waals surface area contributed by atoms with Crippen molar-refractivity contribution >= 4 is 17.7 Å². The molecule has 1 aromatic rings. The molecule has 2 unspecified atom stereocenters. The van der Waals surface area contributed by atoms with Crippen LogP contribution in [0.5, 0.6) is 0 Å². The fraction of sp³-hybridized carbons (Fsp3) is 0.333. The van der Waals surface area contributed by atoms with Gasteiger partial charge in [-0.25, -0.2) is 9.18 Å². The van der Waals surface area contributed by atoms with E-state index in [0.717, 1.165) is 0 Å². The first kappa shape index (κ1) is 12.3. The van der Waals surface area contributed by atoms with Gasteiger partial charge in [-0.05, 0) is 25.1 Å². The molecule has 18 heavy (non-hydrogen) atoms. The summed E-state index contributed by atoms with van der Waals surface area (Å²) in [6.45, 7) is 3.04. The van der Waals surface area contributed by atoms with Crippen molar-refractivity contribution in [2.75, 3.05) is 5.32 Å². The zero-order valence-corrected chi connectivity index (χ0v) is 9.99. The molecule has 6 heteroatoms. The van der Waals surface area contributed by atoms with E-state index in [1.807, 2.05) is 0 Å². The van der Waals surface area contributed by atoms with E-state index in [9.17, 15) is 14.0 Å². The third-order valence-electron chi connectivity index (χ3n) is 2.69. The molecule has 0 bridgehead atoms. The summed E-state index contributed by atoms with van der Waals surface area (Å²) >= 11 is 0. The summed E-state index contributed by atoms with van der Waals surface area (Å²) < 4.78 is 18.6. The highest BCUT2D eigenvalue weighted by Gasteiger charge is 2.33. The summed E-state index contributed by atoms with van der Waals surface area (Å²) in [5, 5.41) is 5.09. The van der Waals surface area contributed by atoms with Crippen molar-refractivity contribution in [2.45, 2.75) is 26.0 Å². The topological polar surface area (TPSA) is 67.4 Å². The predicted octanol–water partition coefficient (Wildman–Crippen LogP) is 1.95. The van der Waals surface area contributed by atoms with Gasteiger partial charge in [-0.1, -0.05) is 0 Å². The van der Waals surface area contributed by atoms with Crippen LogP contribution < -0.4 is 10.6 Å². The molecule has 1 heterocycles. The number of cyclic esters (lactones) is 1. The highest BCUT2D eigenvalue weighted by Crippen LogP contribution is 2.28. The Morgan fingerprint density at radius 2 is 2.22 bits per heavy atom. The maximum atomic E-state index is 13.7. The smallest absolute Gasteiger partial charge is 0.408 e. The maximum Gasteiger partial charge on any atom is 0.408 e. The van der Waals surface area contributed by atoms with Gasteiger partial charge in [-0.3, -0.25) is 4.79 Å². The number of ether oxygens (including phenoxy) is 1. The SMILES string of the molecule is CC(=O)Nc1ccc(F)c(C2NC(=O)OC2C)c1. The average Bonchev–Trinajstić information content (AvgIpc) is 2.60. The third kappa shape index (κ3) is 2.42. The third-order valence-corrected chi connectivity index (χ3v) is 2.69. The van der Waals surface area contributed by atoms with Crippen molar-refractivity contribution in [3.8, 4) is 0 Å². The zero-order valence-electron chi connectivity index (χ0n) is 9.99. The van der Waals surface area contributed by atoms with Crippen molar-refractivity contribution in [2.24, 2.45) is 0 Å². The number of alkyl carbamates (subject to hydrolysis) is 1. The normalized spacial score (nSPS) is 22.3. The van der Waals surface area contributed by atoms with Gasteiger partial charge in [-0.2, -0.15) is 0 Å². The van der Waals surface area contributed by atoms with Crippen molar-refractivity contribution in [3.63, 3.8) is 0 Å². The maximum absolute atomic E-state index is 13.7. The lowest BCUT2D eigenvalue weighted by Gasteiger charge is -2.15. The first-order valence-electron chi connectivity index (χ1n) is 5.51. The summed E-state index contributed by atoms with van der Waals surface area (Å²) in [6.07, 6.45) is -1.03. The van der Waals surface area contributed by atoms with Crippen LogP contribution in [0.3, 0.4) is 0 Å². The molecule has 1 aliphatic heterocycles. The summed E-state index contributed by atoms with van der Waals surface area (Å²) in [5.41, 5.74) is 0.770. The number of anilines is 1. The first-order valence-corrected chi connectivity index (χ1v) is 5.51. The van der Waals surface area contributed by atoms with Crippen LogP contribution in [-0.2, 0) is 9.53 Å². The Bertz CT molecular complexity index is 504. The Balaban J connectivity index is 2.31. The van der Waals surface area contributed by atoms with Crippen LogP contribution in [0.1, 0.15) is 25.5 Å². The quantitative estimate of drug-likeness (QED) is 0.845. The van der Waals surface area contributed by atoms with Crippen molar-refractivity contribution in [1.29, 1.82) is 0 Å². The predicted molar refractivity (Wildman–Crippen MR) is 62.5 cm³/mol. The van der Waals surface area contributed by atoms with Crippen molar-refractivity contribution in [3.05, 3.63) is 29.6 Å². The minimum atomic E-state index is -0.572. The number of amides is 2. The Hall–Kier alpha value is -2.11. The van der Waals surface area contributed by atoms with Crippen LogP contribution in [0, 0.1) is 5.82 Å². The van der Waals surface area contributed by atoms with Crippen LogP contribution in [0.15, 0.2) is 18.2 Å². The molecule has 96 valence electrons. The number of benzene rings is 1. The summed E-state index contributed by atoms with van der Waals surface area (Å²) in [5.74, 6) is -0.695. The van der Waals surface area contributed by atoms with Crippen LogP contribution in [0.25, 0.3) is 0 Å². The van der Waals surface area contributed by atoms with E-state index in [1.165, 1.54) is 25.1 Å². The molecule has 1 aromatic carbocycles. The second-order valence-electron chi connectivity index (χ2n) is 4.15. The van der Waals surface area contributed by atoms with Gasteiger partial charge < -0.3 is 15.4 Å². The fourth-order valence-electron chi connectivity index (χ4n) is 1.91. The van der Waals surface area contributed by atoms with E-state index in [2.05, 4.69) is 10.6 Å². The minimum Gasteiger partial charge on any atom is -0.444 e. The lowest BCUT2D eigenvalue weighted by Crippen LogP contribution is -2.22. The van der Waals surface area contributed by atoms with Crippen LogP contribution in [0.4, 0.5) is 14.9 Å². The zero-order chi connectivity index (χ0) is 13.3. The number of rotatable bonds is 2. The molecule has 2 N–H and O–H groups in total.